The number of hydrogen-bond acceptors (Lipinski definition) is 3. The van der Waals surface area contributed by atoms with Crippen molar-refractivity contribution in [3.05, 3.63) is 52.6 Å². The van der Waals surface area contributed by atoms with Crippen LogP contribution in [-0.2, 0) is 5.60 Å². The first-order valence-corrected chi connectivity index (χ1v) is 8.52. The molecule has 0 aliphatic heterocycles. The SMILES string of the molecule is CC.CNc1cc(C(C)(C)O)ccc1Oc1c(C)cc(C)cc1C. The minimum absolute atomic E-state index is 0.755. The highest BCUT2D eigenvalue weighted by atomic mass is 16.5. The Hall–Kier alpha value is -2.00. The molecule has 0 bridgehead atoms. The summed E-state index contributed by atoms with van der Waals surface area (Å²) in [5.74, 6) is 1.64. The molecule has 132 valence electrons. The lowest BCUT2D eigenvalue weighted by Gasteiger charge is -2.21. The zero-order valence-electron chi connectivity index (χ0n) is 16.2. The molecule has 2 aromatic rings. The molecule has 3 nitrogen and oxygen atoms in total. The minimum Gasteiger partial charge on any atom is -0.455 e. The van der Waals surface area contributed by atoms with Gasteiger partial charge in [0.15, 0.2) is 5.75 Å². The predicted octanol–water partition coefficient (Wildman–Crippen LogP) is 5.70. The summed E-state index contributed by atoms with van der Waals surface area (Å²) >= 11 is 0. The molecule has 0 saturated heterocycles. The van der Waals surface area contributed by atoms with Crippen molar-refractivity contribution >= 4 is 5.69 Å². The Kier molecular flexibility index (Phi) is 6.85. The van der Waals surface area contributed by atoms with E-state index in [1.807, 2.05) is 39.1 Å². The van der Waals surface area contributed by atoms with E-state index in [1.54, 1.807) is 13.8 Å². The third-order valence-corrected chi connectivity index (χ3v) is 3.77. The van der Waals surface area contributed by atoms with Gasteiger partial charge in [0.25, 0.3) is 0 Å². The van der Waals surface area contributed by atoms with Crippen molar-refractivity contribution < 1.29 is 9.84 Å². The summed E-state index contributed by atoms with van der Waals surface area (Å²) < 4.78 is 6.14. The average molecular weight is 329 g/mol. The molecule has 3 heteroatoms. The van der Waals surface area contributed by atoms with Gasteiger partial charge in [0, 0.05) is 7.05 Å². The lowest BCUT2D eigenvalue weighted by Crippen LogP contribution is -2.15. The number of hydrogen-bond donors (Lipinski definition) is 2. The normalized spacial score (nSPS) is 10.7. The van der Waals surface area contributed by atoms with E-state index in [1.165, 1.54) is 5.56 Å². The first-order valence-electron chi connectivity index (χ1n) is 8.52. The van der Waals surface area contributed by atoms with Gasteiger partial charge in [0.2, 0.25) is 0 Å². The highest BCUT2D eigenvalue weighted by Gasteiger charge is 2.18. The van der Waals surface area contributed by atoms with E-state index < -0.39 is 5.60 Å². The molecule has 0 amide bonds. The van der Waals surface area contributed by atoms with E-state index in [0.29, 0.717) is 0 Å². The molecule has 2 rings (SSSR count). The van der Waals surface area contributed by atoms with Crippen LogP contribution >= 0.6 is 0 Å². The van der Waals surface area contributed by atoms with Crippen molar-refractivity contribution in [3.8, 4) is 11.5 Å². The van der Waals surface area contributed by atoms with Crippen LogP contribution in [0, 0.1) is 20.8 Å². The zero-order chi connectivity index (χ0) is 18.5. The van der Waals surface area contributed by atoms with Gasteiger partial charge in [-0.3, -0.25) is 0 Å². The number of anilines is 1. The summed E-state index contributed by atoms with van der Waals surface area (Å²) in [5.41, 5.74) is 4.30. The van der Waals surface area contributed by atoms with E-state index in [-0.39, 0.29) is 0 Å². The van der Waals surface area contributed by atoms with Crippen LogP contribution in [0.2, 0.25) is 0 Å². The van der Waals surface area contributed by atoms with Gasteiger partial charge in [-0.25, -0.2) is 0 Å². The van der Waals surface area contributed by atoms with Crippen molar-refractivity contribution in [2.24, 2.45) is 0 Å². The standard InChI is InChI=1S/C19H25NO2.C2H6/c1-12-9-13(2)18(14(3)10-12)22-17-8-7-15(19(4,5)21)11-16(17)20-6;1-2/h7-11,20-21H,1-6H3;1-2H3. The number of nitrogens with one attached hydrogen (secondary N) is 1. The van der Waals surface area contributed by atoms with Gasteiger partial charge in [0.05, 0.1) is 11.3 Å². The number of rotatable bonds is 4. The molecule has 0 aliphatic rings. The van der Waals surface area contributed by atoms with Crippen LogP contribution < -0.4 is 10.1 Å². The molecular weight excluding hydrogens is 298 g/mol. The summed E-state index contributed by atoms with van der Waals surface area (Å²) in [5, 5.41) is 13.3. The van der Waals surface area contributed by atoms with E-state index in [4.69, 9.17) is 4.74 Å². The largest absolute Gasteiger partial charge is 0.455 e. The van der Waals surface area contributed by atoms with Gasteiger partial charge in [-0.15, -0.1) is 0 Å². The number of aryl methyl sites for hydroxylation is 3. The van der Waals surface area contributed by atoms with Gasteiger partial charge in [-0.1, -0.05) is 37.6 Å². The Bertz CT molecular complexity index is 662. The monoisotopic (exact) mass is 329 g/mol. The Morgan fingerprint density at radius 1 is 0.958 bits per heavy atom. The average Bonchev–Trinajstić information content (AvgIpc) is 2.51. The number of benzene rings is 2. The van der Waals surface area contributed by atoms with Gasteiger partial charge in [0.1, 0.15) is 5.75 Å². The fourth-order valence-corrected chi connectivity index (χ4v) is 2.63. The quantitative estimate of drug-likeness (QED) is 0.756. The second-order valence-electron chi connectivity index (χ2n) is 6.35. The molecule has 2 aromatic carbocycles. The maximum Gasteiger partial charge on any atom is 0.150 e. The molecule has 0 saturated carbocycles. The van der Waals surface area contributed by atoms with Crippen LogP contribution in [0.25, 0.3) is 0 Å². The Morgan fingerprint density at radius 2 is 1.50 bits per heavy atom. The third-order valence-electron chi connectivity index (χ3n) is 3.77. The zero-order valence-corrected chi connectivity index (χ0v) is 16.2. The van der Waals surface area contributed by atoms with Gasteiger partial charge < -0.3 is 15.2 Å². The molecule has 0 heterocycles. The second kappa shape index (κ2) is 8.20. The Balaban J connectivity index is 0.00000139. The fraction of sp³-hybridized carbons (Fsp3) is 0.429. The molecule has 0 fully saturated rings. The highest BCUT2D eigenvalue weighted by molar-refractivity contribution is 5.60. The van der Waals surface area contributed by atoms with Crippen LogP contribution in [0.3, 0.4) is 0 Å². The maximum atomic E-state index is 10.1. The Morgan fingerprint density at radius 3 is 1.96 bits per heavy atom. The van der Waals surface area contributed by atoms with Crippen LogP contribution in [0.1, 0.15) is 49.9 Å². The van der Waals surface area contributed by atoms with Crippen molar-refractivity contribution in [1.82, 2.24) is 0 Å². The molecular formula is C21H31NO2. The molecule has 2 N–H and O–H groups in total. The third kappa shape index (κ3) is 4.75. The van der Waals surface area contributed by atoms with Crippen LogP contribution in [0.15, 0.2) is 30.3 Å². The molecule has 24 heavy (non-hydrogen) atoms. The van der Waals surface area contributed by atoms with Crippen molar-refractivity contribution in [3.63, 3.8) is 0 Å². The van der Waals surface area contributed by atoms with Crippen molar-refractivity contribution in [2.45, 2.75) is 54.1 Å². The first-order chi connectivity index (χ1) is 11.2. The first kappa shape index (κ1) is 20.0. The van der Waals surface area contributed by atoms with Crippen molar-refractivity contribution in [1.29, 1.82) is 0 Å². The molecule has 0 aromatic heterocycles. The minimum atomic E-state index is -0.875. The van der Waals surface area contributed by atoms with E-state index in [0.717, 1.165) is 33.9 Å². The predicted molar refractivity (Wildman–Crippen MR) is 103 cm³/mol. The summed E-state index contributed by atoms with van der Waals surface area (Å²) in [4.78, 5) is 0. The maximum absolute atomic E-state index is 10.1. The lowest BCUT2D eigenvalue weighted by molar-refractivity contribution is 0.0786. The topological polar surface area (TPSA) is 41.5 Å². The van der Waals surface area contributed by atoms with Gasteiger partial charge in [-0.2, -0.15) is 0 Å². The second-order valence-corrected chi connectivity index (χ2v) is 6.35. The van der Waals surface area contributed by atoms with Crippen LogP contribution in [0.4, 0.5) is 5.69 Å². The summed E-state index contributed by atoms with van der Waals surface area (Å²) in [6.07, 6.45) is 0. The molecule has 0 aliphatic carbocycles. The number of aliphatic hydroxyl groups is 1. The Labute approximate surface area is 146 Å². The van der Waals surface area contributed by atoms with Gasteiger partial charge in [-0.05, 0) is 63.4 Å². The lowest BCUT2D eigenvalue weighted by atomic mass is 9.97. The van der Waals surface area contributed by atoms with Crippen LogP contribution in [0.5, 0.6) is 11.5 Å². The van der Waals surface area contributed by atoms with E-state index in [2.05, 4.69) is 38.2 Å². The number of ether oxygens (including phenoxy) is 1. The fourth-order valence-electron chi connectivity index (χ4n) is 2.63. The van der Waals surface area contributed by atoms with Crippen LogP contribution in [-0.4, -0.2) is 12.2 Å². The molecule has 0 atom stereocenters. The molecule has 0 spiro atoms. The summed E-state index contributed by atoms with van der Waals surface area (Å²) in [6.45, 7) is 13.7. The summed E-state index contributed by atoms with van der Waals surface area (Å²) in [6, 6.07) is 9.96. The van der Waals surface area contributed by atoms with E-state index in [9.17, 15) is 5.11 Å². The highest BCUT2D eigenvalue weighted by Crippen LogP contribution is 2.36. The van der Waals surface area contributed by atoms with E-state index >= 15 is 0 Å². The smallest absolute Gasteiger partial charge is 0.150 e. The van der Waals surface area contributed by atoms with Gasteiger partial charge >= 0.3 is 0 Å². The molecule has 0 radical (unpaired) electrons. The summed E-state index contributed by atoms with van der Waals surface area (Å²) in [7, 11) is 1.85. The van der Waals surface area contributed by atoms with Crippen molar-refractivity contribution in [2.75, 3.05) is 12.4 Å². The molecule has 0 unspecified atom stereocenters.